The average Bonchev–Trinajstić information content (AvgIpc) is 3.08. The zero-order chi connectivity index (χ0) is 33.2. The van der Waals surface area contributed by atoms with Crippen LogP contribution in [0.3, 0.4) is 0 Å². The molecule has 2 aliphatic heterocycles. The minimum absolute atomic E-state index is 0.00782. The zero-order valence-corrected chi connectivity index (χ0v) is 29.4. The maximum Gasteiger partial charge on any atom is 0.246 e. The van der Waals surface area contributed by atoms with Crippen molar-refractivity contribution in [3.63, 3.8) is 0 Å². The number of nitrogens with zero attached hydrogens (tertiary/aromatic N) is 2. The van der Waals surface area contributed by atoms with E-state index in [0.717, 1.165) is 58.4 Å². The molecule has 1 aliphatic carbocycles. The van der Waals surface area contributed by atoms with Crippen molar-refractivity contribution in [1.29, 1.82) is 0 Å². The highest BCUT2D eigenvalue weighted by Gasteiger charge is 2.34. The van der Waals surface area contributed by atoms with Crippen LogP contribution in [0.25, 0.3) is 0 Å². The summed E-state index contributed by atoms with van der Waals surface area (Å²) in [7, 11) is -2.06. The Morgan fingerprint density at radius 3 is 2.36 bits per heavy atom. The quantitative estimate of drug-likeness (QED) is 0.303. The van der Waals surface area contributed by atoms with Crippen molar-refractivity contribution in [1.82, 2.24) is 14.5 Å². The SMILES string of the molecule is COc1cc(C)c(S(=O)(=O)N2CCCC(COCC(=O)NCC3CCC(C(CCc4ccccc4)N4CCOCC4)CC3)C2)c(C)c1. The number of piperidine rings is 1. The Hall–Kier alpha value is -2.50. The van der Waals surface area contributed by atoms with Crippen molar-refractivity contribution in [3.8, 4) is 5.75 Å². The summed E-state index contributed by atoms with van der Waals surface area (Å²) in [6.07, 6.45) is 8.61. The van der Waals surface area contributed by atoms with E-state index in [1.165, 1.54) is 24.8 Å². The van der Waals surface area contributed by atoms with Gasteiger partial charge in [-0.05, 0) is 112 Å². The number of morpholine rings is 1. The lowest BCUT2D eigenvalue weighted by Gasteiger charge is -2.42. The third-order valence-electron chi connectivity index (χ3n) is 10.4. The molecule has 1 saturated carbocycles. The molecule has 2 aromatic rings. The molecule has 10 heteroatoms. The van der Waals surface area contributed by atoms with Gasteiger partial charge >= 0.3 is 0 Å². The van der Waals surface area contributed by atoms with Gasteiger partial charge in [-0.15, -0.1) is 0 Å². The lowest BCUT2D eigenvalue weighted by atomic mass is 9.76. The fourth-order valence-electron chi connectivity index (χ4n) is 7.93. The van der Waals surface area contributed by atoms with E-state index in [9.17, 15) is 13.2 Å². The Bertz CT molecular complexity index is 1370. The topological polar surface area (TPSA) is 97.4 Å². The molecule has 260 valence electrons. The van der Waals surface area contributed by atoms with Gasteiger partial charge in [-0.25, -0.2) is 8.42 Å². The van der Waals surface area contributed by atoms with Gasteiger partial charge in [0.1, 0.15) is 12.4 Å². The molecule has 0 radical (unpaired) electrons. The molecule has 2 atom stereocenters. The van der Waals surface area contributed by atoms with Gasteiger partial charge in [-0.2, -0.15) is 4.31 Å². The molecule has 1 amide bonds. The summed E-state index contributed by atoms with van der Waals surface area (Å²) in [6.45, 7) is 9.28. The van der Waals surface area contributed by atoms with Crippen LogP contribution in [0.1, 0.15) is 61.6 Å². The maximum atomic E-state index is 13.6. The number of benzene rings is 2. The van der Waals surface area contributed by atoms with Crippen molar-refractivity contribution in [3.05, 3.63) is 59.2 Å². The Morgan fingerprint density at radius 1 is 0.979 bits per heavy atom. The van der Waals surface area contributed by atoms with E-state index in [-0.39, 0.29) is 18.4 Å². The smallest absolute Gasteiger partial charge is 0.246 e. The number of carbonyl (C=O) groups is 1. The predicted octanol–water partition coefficient (Wildman–Crippen LogP) is 4.99. The number of hydrogen-bond donors (Lipinski definition) is 1. The molecule has 0 spiro atoms. The highest BCUT2D eigenvalue weighted by Crippen LogP contribution is 2.35. The molecule has 9 nitrogen and oxygen atoms in total. The van der Waals surface area contributed by atoms with Crippen LogP contribution in [0.5, 0.6) is 5.75 Å². The van der Waals surface area contributed by atoms with Crippen LogP contribution >= 0.6 is 0 Å². The van der Waals surface area contributed by atoms with Crippen LogP contribution in [0.4, 0.5) is 0 Å². The first-order valence-corrected chi connectivity index (χ1v) is 19.0. The van der Waals surface area contributed by atoms with E-state index in [2.05, 4.69) is 40.5 Å². The van der Waals surface area contributed by atoms with Crippen LogP contribution in [-0.4, -0.2) is 95.8 Å². The fourth-order valence-corrected chi connectivity index (χ4v) is 9.90. The first kappa shape index (κ1) is 35.8. The summed E-state index contributed by atoms with van der Waals surface area (Å²) >= 11 is 0. The second-order valence-corrected chi connectivity index (χ2v) is 15.7. The summed E-state index contributed by atoms with van der Waals surface area (Å²) in [6, 6.07) is 14.9. The normalized spacial score (nSPS) is 23.7. The Morgan fingerprint density at radius 2 is 1.68 bits per heavy atom. The minimum atomic E-state index is -3.64. The summed E-state index contributed by atoms with van der Waals surface area (Å²) in [4.78, 5) is 15.7. The molecule has 47 heavy (non-hydrogen) atoms. The lowest BCUT2D eigenvalue weighted by molar-refractivity contribution is -0.126. The standard InChI is InChI=1S/C37H55N3O6S/c1-28-22-34(44-3)23-29(2)37(28)47(42,43)40-17-7-10-32(25-40)26-46-27-36(41)38-24-31-11-14-33(15-12-31)35(39-18-20-45-21-19-39)16-13-30-8-5-4-6-9-30/h4-6,8-9,22-23,31-33,35H,7,10-21,24-27H2,1-3H3,(H,38,41). The number of rotatable bonds is 14. The second-order valence-electron chi connectivity index (χ2n) is 13.8. The van der Waals surface area contributed by atoms with Gasteiger partial charge in [0.25, 0.3) is 0 Å². The van der Waals surface area contributed by atoms with Crippen LogP contribution in [-0.2, 0) is 30.7 Å². The van der Waals surface area contributed by atoms with E-state index in [1.807, 2.05) is 13.8 Å². The Kier molecular flexibility index (Phi) is 13.1. The molecule has 2 aromatic carbocycles. The van der Waals surface area contributed by atoms with E-state index >= 15 is 0 Å². The molecular formula is C37H55N3O6S. The number of aryl methyl sites for hydroxylation is 3. The lowest BCUT2D eigenvalue weighted by Crippen LogP contribution is -2.48. The van der Waals surface area contributed by atoms with Crippen molar-refractivity contribution >= 4 is 15.9 Å². The Balaban J connectivity index is 1.03. The van der Waals surface area contributed by atoms with E-state index in [0.29, 0.717) is 65.9 Å². The highest BCUT2D eigenvalue weighted by atomic mass is 32.2. The van der Waals surface area contributed by atoms with Crippen LogP contribution in [0.2, 0.25) is 0 Å². The summed E-state index contributed by atoms with van der Waals surface area (Å²) in [5.41, 5.74) is 2.78. The van der Waals surface area contributed by atoms with Crippen molar-refractivity contribution < 1.29 is 27.4 Å². The van der Waals surface area contributed by atoms with Crippen molar-refractivity contribution in [2.75, 3.05) is 66.3 Å². The van der Waals surface area contributed by atoms with Crippen LogP contribution in [0.15, 0.2) is 47.4 Å². The number of hydrogen-bond acceptors (Lipinski definition) is 7. The van der Waals surface area contributed by atoms with Gasteiger partial charge in [-0.1, -0.05) is 30.3 Å². The monoisotopic (exact) mass is 669 g/mol. The first-order valence-electron chi connectivity index (χ1n) is 17.6. The largest absolute Gasteiger partial charge is 0.497 e. The van der Waals surface area contributed by atoms with E-state index < -0.39 is 10.0 Å². The number of amides is 1. The van der Waals surface area contributed by atoms with Crippen molar-refractivity contribution in [2.45, 2.75) is 76.2 Å². The highest BCUT2D eigenvalue weighted by molar-refractivity contribution is 7.89. The molecule has 0 aromatic heterocycles. The molecule has 2 heterocycles. The third-order valence-corrected chi connectivity index (χ3v) is 12.6. The van der Waals surface area contributed by atoms with Gasteiger partial charge in [0, 0.05) is 38.8 Å². The Labute approximate surface area is 282 Å². The maximum absolute atomic E-state index is 13.6. The summed E-state index contributed by atoms with van der Waals surface area (Å²) < 4.78 is 45.6. The summed E-state index contributed by atoms with van der Waals surface area (Å²) in [5, 5.41) is 3.11. The van der Waals surface area contributed by atoms with Gasteiger partial charge in [0.2, 0.25) is 15.9 Å². The third kappa shape index (κ3) is 9.79. The molecule has 3 fully saturated rings. The fraction of sp³-hybridized carbons (Fsp3) is 0.649. The van der Waals surface area contributed by atoms with E-state index in [1.54, 1.807) is 23.5 Å². The van der Waals surface area contributed by atoms with Gasteiger partial charge in [-0.3, -0.25) is 9.69 Å². The number of methoxy groups -OCH3 is 1. The average molecular weight is 670 g/mol. The molecule has 2 unspecified atom stereocenters. The number of nitrogens with one attached hydrogen (secondary N) is 1. The molecule has 2 saturated heterocycles. The summed E-state index contributed by atoms with van der Waals surface area (Å²) in [5.74, 6) is 1.80. The molecular weight excluding hydrogens is 614 g/mol. The van der Waals surface area contributed by atoms with Gasteiger partial charge in [0.15, 0.2) is 0 Å². The minimum Gasteiger partial charge on any atom is -0.497 e. The number of carbonyl (C=O) groups excluding carboxylic acids is 1. The predicted molar refractivity (Wildman–Crippen MR) is 184 cm³/mol. The molecule has 3 aliphatic rings. The molecule has 1 N–H and O–H groups in total. The van der Waals surface area contributed by atoms with Crippen LogP contribution in [0, 0.1) is 31.6 Å². The first-order chi connectivity index (χ1) is 22.7. The van der Waals surface area contributed by atoms with Crippen LogP contribution < -0.4 is 10.1 Å². The molecule has 5 rings (SSSR count). The number of ether oxygens (including phenoxy) is 3. The van der Waals surface area contributed by atoms with E-state index in [4.69, 9.17) is 14.2 Å². The second kappa shape index (κ2) is 17.2. The van der Waals surface area contributed by atoms with Gasteiger partial charge in [0.05, 0.1) is 31.8 Å². The number of sulfonamides is 1. The molecule has 0 bridgehead atoms. The zero-order valence-electron chi connectivity index (χ0n) is 28.6. The van der Waals surface area contributed by atoms with Crippen molar-refractivity contribution in [2.24, 2.45) is 17.8 Å². The van der Waals surface area contributed by atoms with Gasteiger partial charge < -0.3 is 19.5 Å².